The molecule has 0 saturated heterocycles. The molecule has 0 aliphatic heterocycles. The van der Waals surface area contributed by atoms with Crippen molar-refractivity contribution in [3.8, 4) is 0 Å². The van der Waals surface area contributed by atoms with Crippen LogP contribution in [0.3, 0.4) is 0 Å². The molecule has 2 aliphatic carbocycles. The number of halogens is 7. The fourth-order valence-corrected chi connectivity index (χ4v) is 7.21. The third-order valence-corrected chi connectivity index (χ3v) is 9.72. The van der Waals surface area contributed by atoms with Gasteiger partial charge in [-0.25, -0.2) is 0 Å². The Hall–Kier alpha value is -0.0700. The molecule has 4 atom stereocenters. The normalized spacial score (nSPS) is 33.3. The number of hydrogen-bond acceptors (Lipinski definition) is 2. The number of nitrogens with one attached hydrogen (secondary N) is 1. The van der Waals surface area contributed by atoms with Crippen molar-refractivity contribution >= 4 is 98.8 Å². The third-order valence-electron chi connectivity index (χ3n) is 5.16. The van der Waals surface area contributed by atoms with E-state index in [1.54, 1.807) is 19.1 Å². The Morgan fingerprint density at radius 1 is 0.964 bits per heavy atom. The number of aliphatic carboxylic acids is 1. The summed E-state index contributed by atoms with van der Waals surface area (Å²) in [7, 11) is 0. The number of carboxylic acids is 1. The molecule has 0 spiro atoms. The molecule has 1 aromatic rings. The van der Waals surface area contributed by atoms with Gasteiger partial charge in [-0.2, -0.15) is 0 Å². The van der Waals surface area contributed by atoms with Crippen LogP contribution >= 0.6 is 81.2 Å². The van der Waals surface area contributed by atoms with Crippen LogP contribution in [0.4, 0.5) is 5.69 Å². The van der Waals surface area contributed by atoms with E-state index in [9.17, 15) is 14.7 Å². The van der Waals surface area contributed by atoms with E-state index in [4.69, 9.17) is 81.2 Å². The summed E-state index contributed by atoms with van der Waals surface area (Å²) in [5.74, 6) is -5.41. The molecule has 0 unspecified atom stereocenters. The Morgan fingerprint density at radius 2 is 1.46 bits per heavy atom. The first-order valence-corrected chi connectivity index (χ1v) is 10.5. The van der Waals surface area contributed by atoms with Crippen molar-refractivity contribution in [1.82, 2.24) is 0 Å². The van der Waals surface area contributed by atoms with Crippen LogP contribution in [0.5, 0.6) is 0 Å². The first kappa shape index (κ1) is 22.6. The summed E-state index contributed by atoms with van der Waals surface area (Å²) in [5, 5.41) is 12.1. The largest absolute Gasteiger partial charge is 0.481 e. The molecule has 1 saturated carbocycles. The van der Waals surface area contributed by atoms with Gasteiger partial charge in [0.15, 0.2) is 4.33 Å². The van der Waals surface area contributed by atoms with Crippen molar-refractivity contribution in [3.05, 3.63) is 38.3 Å². The second kappa shape index (κ2) is 6.98. The molecule has 2 bridgehead atoms. The predicted molar refractivity (Wildman–Crippen MR) is 115 cm³/mol. The summed E-state index contributed by atoms with van der Waals surface area (Å²) < 4.78 is -2.16. The van der Waals surface area contributed by atoms with E-state index in [1.165, 1.54) is 0 Å². The second-order valence-corrected chi connectivity index (χ2v) is 10.5. The first-order chi connectivity index (χ1) is 12.7. The van der Waals surface area contributed by atoms with Crippen molar-refractivity contribution in [1.29, 1.82) is 0 Å². The Morgan fingerprint density at radius 3 is 1.93 bits per heavy atom. The number of benzene rings is 1. The summed E-state index contributed by atoms with van der Waals surface area (Å²) in [4.78, 5) is 21.1. The maximum Gasteiger partial charge on any atom is 0.309 e. The van der Waals surface area contributed by atoms with Crippen molar-refractivity contribution in [2.45, 2.75) is 27.9 Å². The quantitative estimate of drug-likeness (QED) is 0.471. The highest BCUT2D eigenvalue weighted by molar-refractivity contribution is 6.66. The number of carbonyl (C=O) groups excluding carboxylic acids is 1. The number of amides is 1. The van der Waals surface area contributed by atoms with Crippen LogP contribution in [0.2, 0.25) is 5.02 Å². The lowest BCUT2D eigenvalue weighted by Gasteiger charge is -2.33. The standard InChI is InChI=1S/C17H12Cl7NO3/c1-5-3-6(2)10(7(18)4-5)25-13(26)8-9(14(27)28)16(22)12(20)11(19)15(8,21)17(16,23)24/h3-4,8-9H,1-2H3,(H,25,26)(H,27,28)/t8-,9+,15-,16-/m1/s1. The zero-order valence-corrected chi connectivity index (χ0v) is 19.5. The van der Waals surface area contributed by atoms with Gasteiger partial charge in [-0.3, -0.25) is 9.59 Å². The van der Waals surface area contributed by atoms with Crippen LogP contribution in [0.25, 0.3) is 0 Å². The molecule has 4 nitrogen and oxygen atoms in total. The number of anilines is 1. The van der Waals surface area contributed by atoms with Crippen LogP contribution in [-0.4, -0.2) is 31.1 Å². The molecule has 1 amide bonds. The molecule has 1 fully saturated rings. The minimum Gasteiger partial charge on any atom is -0.481 e. The molecular formula is C17H12Cl7NO3. The SMILES string of the molecule is Cc1cc(C)c(NC(=O)[C@H]2[C@@H](C(=O)O)[C@@]3(Cl)C(Cl)=C(Cl)[C@@]2(Cl)C3(Cl)Cl)c(Cl)c1. The monoisotopic (exact) mass is 523 g/mol. The van der Waals surface area contributed by atoms with Gasteiger partial charge >= 0.3 is 5.97 Å². The highest BCUT2D eigenvalue weighted by atomic mass is 35.5. The van der Waals surface area contributed by atoms with Gasteiger partial charge in [0.05, 0.1) is 32.6 Å². The average Bonchev–Trinajstić information content (AvgIpc) is 2.77. The Kier molecular flexibility index (Phi) is 5.64. The number of carbonyl (C=O) groups is 2. The van der Waals surface area contributed by atoms with Gasteiger partial charge in [-0.15, -0.1) is 23.2 Å². The van der Waals surface area contributed by atoms with E-state index >= 15 is 0 Å². The number of aryl methyl sites for hydroxylation is 2. The van der Waals surface area contributed by atoms with E-state index in [2.05, 4.69) is 5.32 Å². The van der Waals surface area contributed by atoms with Gasteiger partial charge in [0.2, 0.25) is 5.91 Å². The zero-order chi connectivity index (χ0) is 21.4. The summed E-state index contributed by atoms with van der Waals surface area (Å²) in [6, 6.07) is 3.45. The molecule has 2 N–H and O–H groups in total. The van der Waals surface area contributed by atoms with Crippen LogP contribution in [-0.2, 0) is 9.59 Å². The molecule has 0 aromatic heterocycles. The lowest BCUT2D eigenvalue weighted by Crippen LogP contribution is -2.47. The zero-order valence-electron chi connectivity index (χ0n) is 14.2. The second-order valence-electron chi connectivity index (χ2n) is 6.85. The van der Waals surface area contributed by atoms with Gasteiger partial charge in [0.25, 0.3) is 0 Å². The van der Waals surface area contributed by atoms with Gasteiger partial charge < -0.3 is 10.4 Å². The van der Waals surface area contributed by atoms with E-state index < -0.39 is 37.8 Å². The highest BCUT2D eigenvalue weighted by Gasteiger charge is 2.85. The predicted octanol–water partition coefficient (Wildman–Crippen LogP) is 6.06. The fraction of sp³-hybridized carbons (Fsp3) is 0.412. The lowest BCUT2D eigenvalue weighted by atomic mass is 9.81. The number of hydrogen-bond donors (Lipinski definition) is 2. The Labute approximate surface area is 196 Å². The molecule has 1 aromatic carbocycles. The van der Waals surface area contributed by atoms with Crippen molar-refractivity contribution < 1.29 is 14.7 Å². The van der Waals surface area contributed by atoms with E-state index in [1.807, 2.05) is 6.92 Å². The number of alkyl halides is 4. The van der Waals surface area contributed by atoms with Gasteiger partial charge in [-0.1, -0.05) is 64.1 Å². The number of rotatable bonds is 3. The first-order valence-electron chi connectivity index (χ1n) is 7.85. The number of allylic oxidation sites excluding steroid dienone is 2. The fourth-order valence-electron chi connectivity index (χ4n) is 3.90. The lowest BCUT2D eigenvalue weighted by molar-refractivity contribution is -0.146. The van der Waals surface area contributed by atoms with Crippen LogP contribution in [0, 0.1) is 25.7 Å². The van der Waals surface area contributed by atoms with E-state index in [0.29, 0.717) is 11.3 Å². The van der Waals surface area contributed by atoms with Crippen molar-refractivity contribution in [2.24, 2.45) is 11.8 Å². The summed E-state index contributed by atoms with van der Waals surface area (Å²) >= 11 is 44.5. The molecule has 2 aliphatic rings. The Bertz CT molecular complexity index is 924. The third kappa shape index (κ3) is 2.65. The number of fused-ring (bicyclic) bond motifs is 2. The van der Waals surface area contributed by atoms with E-state index in [0.717, 1.165) is 5.56 Å². The van der Waals surface area contributed by atoms with Crippen LogP contribution in [0.1, 0.15) is 11.1 Å². The van der Waals surface area contributed by atoms with Gasteiger partial charge in [0.1, 0.15) is 9.75 Å². The summed E-state index contributed by atoms with van der Waals surface area (Å²) in [5.41, 5.74) is 1.85. The molecule has 11 heteroatoms. The summed E-state index contributed by atoms with van der Waals surface area (Å²) in [6.45, 7) is 3.58. The summed E-state index contributed by atoms with van der Waals surface area (Å²) in [6.07, 6.45) is 0. The maximum atomic E-state index is 13.2. The van der Waals surface area contributed by atoms with E-state index in [-0.39, 0.29) is 15.1 Å². The minimum absolute atomic E-state index is 0.264. The number of carboxylic acid groups (broad SMARTS) is 1. The van der Waals surface area contributed by atoms with Gasteiger partial charge in [0, 0.05) is 0 Å². The molecule has 0 radical (unpaired) electrons. The molecule has 3 rings (SSSR count). The van der Waals surface area contributed by atoms with Crippen molar-refractivity contribution in [3.63, 3.8) is 0 Å². The van der Waals surface area contributed by atoms with Crippen LogP contribution in [0.15, 0.2) is 22.2 Å². The van der Waals surface area contributed by atoms with Crippen LogP contribution < -0.4 is 5.32 Å². The Balaban J connectivity index is 2.14. The molecule has 0 heterocycles. The topological polar surface area (TPSA) is 66.4 Å². The van der Waals surface area contributed by atoms with Gasteiger partial charge in [-0.05, 0) is 31.0 Å². The molecular weight excluding hydrogens is 514 g/mol. The highest BCUT2D eigenvalue weighted by Crippen LogP contribution is 2.76. The molecule has 28 heavy (non-hydrogen) atoms. The molecule has 152 valence electrons. The van der Waals surface area contributed by atoms with Crippen molar-refractivity contribution in [2.75, 3.05) is 5.32 Å². The minimum atomic E-state index is -2.16. The maximum absolute atomic E-state index is 13.2. The smallest absolute Gasteiger partial charge is 0.309 e. The average molecular weight is 526 g/mol.